The highest BCUT2D eigenvalue weighted by Gasteiger charge is 2.46. The Hall–Kier alpha value is -7.42. The summed E-state index contributed by atoms with van der Waals surface area (Å²) in [6.45, 7) is 0. The zero-order chi connectivity index (χ0) is 37.8. The van der Waals surface area contributed by atoms with E-state index in [1.807, 2.05) is 18.2 Å². The molecule has 2 heteroatoms. The largest absolute Gasteiger partial charge is 0.228 e. The molecule has 0 fully saturated rings. The van der Waals surface area contributed by atoms with E-state index in [4.69, 9.17) is 9.97 Å². The summed E-state index contributed by atoms with van der Waals surface area (Å²) in [7, 11) is 0. The first-order valence-corrected chi connectivity index (χ1v) is 19.6. The van der Waals surface area contributed by atoms with Gasteiger partial charge in [0.15, 0.2) is 5.82 Å². The summed E-state index contributed by atoms with van der Waals surface area (Å²) in [5, 5.41) is 4.69. The van der Waals surface area contributed by atoms with Crippen molar-refractivity contribution in [1.29, 1.82) is 0 Å². The van der Waals surface area contributed by atoms with Crippen LogP contribution in [0.5, 0.6) is 0 Å². The lowest BCUT2D eigenvalue weighted by molar-refractivity contribution is 0.768. The monoisotopic (exact) mass is 724 g/mol. The van der Waals surface area contributed by atoms with E-state index in [-0.39, 0.29) is 0 Å². The van der Waals surface area contributed by atoms with Crippen LogP contribution in [0, 0.1) is 0 Å². The van der Waals surface area contributed by atoms with Crippen LogP contribution in [0.1, 0.15) is 22.3 Å². The molecule has 1 aliphatic rings. The second-order valence-electron chi connectivity index (χ2n) is 14.8. The molecule has 2 nitrogen and oxygen atoms in total. The van der Waals surface area contributed by atoms with E-state index in [1.54, 1.807) is 0 Å². The van der Waals surface area contributed by atoms with Gasteiger partial charge in [-0.1, -0.05) is 212 Å². The molecule has 0 saturated carbocycles. The fraction of sp³-hybridized carbons (Fsp3) is 0.0182. The lowest BCUT2D eigenvalue weighted by Gasteiger charge is -2.34. The summed E-state index contributed by atoms with van der Waals surface area (Å²) in [6.07, 6.45) is 0. The predicted molar refractivity (Wildman–Crippen MR) is 236 cm³/mol. The Morgan fingerprint density at radius 3 is 1.51 bits per heavy atom. The SMILES string of the molecule is c1ccc(-c2nc(-c3cccc4ccccc34)cc(-c3ccc(-c4cccc5c4-c4ccccc4C5(c4ccccc4)c4ccccc4)c4ccccc34)n2)cc1. The van der Waals surface area contributed by atoms with Gasteiger partial charge in [-0.15, -0.1) is 0 Å². The van der Waals surface area contributed by atoms with Crippen molar-refractivity contribution >= 4 is 21.5 Å². The molecule has 0 N–H and O–H groups in total. The van der Waals surface area contributed by atoms with Crippen LogP contribution in [0.2, 0.25) is 0 Å². The average molecular weight is 725 g/mol. The van der Waals surface area contributed by atoms with Crippen LogP contribution in [-0.4, -0.2) is 9.97 Å². The van der Waals surface area contributed by atoms with E-state index in [0.717, 1.165) is 33.5 Å². The Labute approximate surface area is 332 Å². The molecule has 1 aliphatic carbocycles. The molecular formula is C55H36N2. The number of rotatable bonds is 6. The quantitative estimate of drug-likeness (QED) is 0.171. The van der Waals surface area contributed by atoms with Crippen molar-refractivity contribution in [3.63, 3.8) is 0 Å². The maximum Gasteiger partial charge on any atom is 0.160 e. The van der Waals surface area contributed by atoms with E-state index in [2.05, 4.69) is 200 Å². The molecule has 0 saturated heterocycles. The number of benzene rings is 9. The Balaban J connectivity index is 1.15. The highest BCUT2D eigenvalue weighted by molar-refractivity contribution is 6.08. The minimum Gasteiger partial charge on any atom is -0.228 e. The lowest BCUT2D eigenvalue weighted by atomic mass is 9.67. The zero-order valence-electron chi connectivity index (χ0n) is 31.2. The summed E-state index contributed by atoms with van der Waals surface area (Å²) >= 11 is 0. The molecule has 0 bridgehead atoms. The van der Waals surface area contributed by atoms with Crippen molar-refractivity contribution in [1.82, 2.24) is 9.97 Å². The van der Waals surface area contributed by atoms with Gasteiger partial charge in [0.1, 0.15) is 0 Å². The van der Waals surface area contributed by atoms with Gasteiger partial charge in [0, 0.05) is 16.7 Å². The van der Waals surface area contributed by atoms with Crippen LogP contribution in [0.3, 0.4) is 0 Å². The molecule has 57 heavy (non-hydrogen) atoms. The van der Waals surface area contributed by atoms with Crippen molar-refractivity contribution in [2.75, 3.05) is 0 Å². The van der Waals surface area contributed by atoms with Gasteiger partial charge in [0.25, 0.3) is 0 Å². The smallest absolute Gasteiger partial charge is 0.160 e. The van der Waals surface area contributed by atoms with E-state index in [1.165, 1.54) is 60.7 Å². The molecule has 11 rings (SSSR count). The van der Waals surface area contributed by atoms with Gasteiger partial charge >= 0.3 is 0 Å². The van der Waals surface area contributed by atoms with Crippen molar-refractivity contribution in [3.8, 4) is 56.2 Å². The predicted octanol–water partition coefficient (Wildman–Crippen LogP) is 13.8. The fourth-order valence-electron chi connectivity index (χ4n) is 9.36. The standard InChI is InChI=1S/C55H36N2/c1-4-19-38(20-5-1)54-56-51(45-30-16-21-37-18-10-11-26-41(37)45)36-52(57-54)46-35-34-44(42-27-12-13-28-43(42)46)47-31-17-33-50-53(47)48-29-14-15-32-49(48)55(50,39-22-6-2-7-23-39)40-24-8-3-9-25-40/h1-36H. The Kier molecular flexibility index (Phi) is 7.75. The third kappa shape index (κ3) is 5.18. The highest BCUT2D eigenvalue weighted by atomic mass is 14.9. The molecule has 0 atom stereocenters. The normalized spacial score (nSPS) is 12.7. The van der Waals surface area contributed by atoms with Crippen molar-refractivity contribution < 1.29 is 0 Å². The van der Waals surface area contributed by atoms with Crippen LogP contribution in [-0.2, 0) is 5.41 Å². The van der Waals surface area contributed by atoms with Crippen LogP contribution in [0.25, 0.3) is 77.7 Å². The van der Waals surface area contributed by atoms with Crippen LogP contribution in [0.15, 0.2) is 218 Å². The third-order valence-electron chi connectivity index (χ3n) is 11.8. The number of hydrogen-bond acceptors (Lipinski definition) is 2. The molecule has 0 radical (unpaired) electrons. The Morgan fingerprint density at radius 2 is 0.789 bits per heavy atom. The highest BCUT2D eigenvalue weighted by Crippen LogP contribution is 2.58. The Bertz CT molecular complexity index is 3070. The topological polar surface area (TPSA) is 25.8 Å². The second-order valence-corrected chi connectivity index (χ2v) is 14.8. The average Bonchev–Trinajstić information content (AvgIpc) is 3.60. The molecule has 9 aromatic carbocycles. The summed E-state index contributed by atoms with van der Waals surface area (Å²) < 4.78 is 0. The fourth-order valence-corrected chi connectivity index (χ4v) is 9.36. The molecule has 0 aliphatic heterocycles. The first-order valence-electron chi connectivity index (χ1n) is 19.6. The minimum absolute atomic E-state index is 0.465. The van der Waals surface area contributed by atoms with Gasteiger partial charge in [0.05, 0.1) is 16.8 Å². The maximum atomic E-state index is 5.29. The van der Waals surface area contributed by atoms with Gasteiger partial charge in [-0.25, -0.2) is 9.97 Å². The van der Waals surface area contributed by atoms with Crippen molar-refractivity contribution in [2.45, 2.75) is 5.41 Å². The van der Waals surface area contributed by atoms with Gasteiger partial charge in [-0.2, -0.15) is 0 Å². The van der Waals surface area contributed by atoms with E-state index >= 15 is 0 Å². The first kappa shape index (κ1) is 33.0. The molecule has 0 unspecified atom stereocenters. The van der Waals surface area contributed by atoms with Gasteiger partial charge in [-0.05, 0) is 72.1 Å². The van der Waals surface area contributed by atoms with Gasteiger partial charge in [0.2, 0.25) is 0 Å². The second kappa shape index (κ2) is 13.4. The van der Waals surface area contributed by atoms with Crippen LogP contribution < -0.4 is 0 Å². The number of fused-ring (bicyclic) bond motifs is 5. The van der Waals surface area contributed by atoms with E-state index < -0.39 is 5.41 Å². The molecule has 266 valence electrons. The molecule has 10 aromatic rings. The molecule has 0 spiro atoms. The molecular weight excluding hydrogens is 689 g/mol. The maximum absolute atomic E-state index is 5.29. The van der Waals surface area contributed by atoms with Gasteiger partial charge < -0.3 is 0 Å². The zero-order valence-corrected chi connectivity index (χ0v) is 31.2. The number of nitrogens with zero attached hydrogens (tertiary/aromatic N) is 2. The summed E-state index contributed by atoms with van der Waals surface area (Å²) in [5.74, 6) is 0.708. The molecule has 1 heterocycles. The molecule has 0 amide bonds. The molecule has 1 aromatic heterocycles. The third-order valence-corrected chi connectivity index (χ3v) is 11.8. The van der Waals surface area contributed by atoms with Gasteiger partial charge in [-0.3, -0.25) is 0 Å². The number of aromatic nitrogens is 2. The van der Waals surface area contributed by atoms with E-state index in [9.17, 15) is 0 Å². The van der Waals surface area contributed by atoms with E-state index in [0.29, 0.717) is 5.82 Å². The minimum atomic E-state index is -0.465. The summed E-state index contributed by atoms with van der Waals surface area (Å²) in [6, 6.07) is 78.8. The first-order chi connectivity index (χ1) is 28.3. The van der Waals surface area contributed by atoms with Crippen LogP contribution in [0.4, 0.5) is 0 Å². The Morgan fingerprint density at radius 1 is 0.316 bits per heavy atom. The van der Waals surface area contributed by atoms with Crippen molar-refractivity contribution in [3.05, 3.63) is 241 Å². The summed E-state index contributed by atoms with van der Waals surface area (Å²) in [4.78, 5) is 10.5. The lowest BCUT2D eigenvalue weighted by Crippen LogP contribution is -2.28. The van der Waals surface area contributed by atoms with Crippen molar-refractivity contribution in [2.24, 2.45) is 0 Å². The number of hydrogen-bond donors (Lipinski definition) is 0. The van der Waals surface area contributed by atoms with Crippen LogP contribution >= 0.6 is 0 Å². The summed E-state index contributed by atoms with van der Waals surface area (Å²) in [5.41, 5.74) is 14.6.